The van der Waals surface area contributed by atoms with Crippen LogP contribution in [0.3, 0.4) is 0 Å². The molecule has 0 fully saturated rings. The van der Waals surface area contributed by atoms with Gasteiger partial charge in [0.25, 0.3) is 0 Å². The van der Waals surface area contributed by atoms with E-state index in [2.05, 4.69) is 13.8 Å². The third-order valence-electron chi connectivity index (χ3n) is 2.93. The van der Waals surface area contributed by atoms with Gasteiger partial charge in [0.1, 0.15) is 5.82 Å². The lowest BCUT2D eigenvalue weighted by atomic mass is 9.94. The summed E-state index contributed by atoms with van der Waals surface area (Å²) in [6.07, 6.45) is 0.350. The molecule has 0 aliphatic carbocycles. The Balaban J connectivity index is 2.79. The Morgan fingerprint density at radius 2 is 2.06 bits per heavy atom. The molecule has 1 aromatic carbocycles. The van der Waals surface area contributed by atoms with Gasteiger partial charge >= 0.3 is 0 Å². The van der Waals surface area contributed by atoms with E-state index in [1.54, 1.807) is 12.1 Å². The molecule has 0 aliphatic rings. The predicted molar refractivity (Wildman–Crippen MR) is 73.3 cm³/mol. The number of hydrogen-bond acceptors (Lipinski definition) is 2. The highest BCUT2D eigenvalue weighted by Crippen LogP contribution is 2.21. The average molecular weight is 274 g/mol. The Morgan fingerprint density at radius 3 is 2.61 bits per heavy atom. The SMILES string of the molecule is CCOC(C(C)C)C(N)Cc1cccc(Cl)c1F. The average Bonchev–Trinajstić information content (AvgIpc) is 2.31. The molecule has 4 heteroatoms. The quantitative estimate of drug-likeness (QED) is 0.862. The Hall–Kier alpha value is -0.640. The van der Waals surface area contributed by atoms with Crippen molar-refractivity contribution in [3.8, 4) is 0 Å². The molecule has 0 aromatic heterocycles. The van der Waals surface area contributed by atoms with Gasteiger partial charge in [-0.25, -0.2) is 4.39 Å². The van der Waals surface area contributed by atoms with Gasteiger partial charge in [0.15, 0.2) is 0 Å². The minimum Gasteiger partial charge on any atom is -0.377 e. The smallest absolute Gasteiger partial charge is 0.145 e. The van der Waals surface area contributed by atoms with Gasteiger partial charge in [-0.15, -0.1) is 0 Å². The van der Waals surface area contributed by atoms with Gasteiger partial charge in [0.2, 0.25) is 0 Å². The third kappa shape index (κ3) is 3.94. The highest BCUT2D eigenvalue weighted by atomic mass is 35.5. The molecule has 0 spiro atoms. The maximum absolute atomic E-state index is 13.8. The number of halogens is 2. The van der Waals surface area contributed by atoms with Crippen LogP contribution in [-0.4, -0.2) is 18.8 Å². The zero-order valence-electron chi connectivity index (χ0n) is 11.1. The van der Waals surface area contributed by atoms with Crippen LogP contribution in [0.15, 0.2) is 18.2 Å². The van der Waals surface area contributed by atoms with Gasteiger partial charge in [-0.2, -0.15) is 0 Å². The fourth-order valence-corrected chi connectivity index (χ4v) is 2.27. The summed E-state index contributed by atoms with van der Waals surface area (Å²) in [6.45, 7) is 6.64. The standard InChI is InChI=1S/C14H21ClFNO/c1-4-18-14(9(2)3)12(17)8-10-6-5-7-11(15)13(10)16/h5-7,9,12,14H,4,8,17H2,1-3H3. The molecular weight excluding hydrogens is 253 g/mol. The molecular formula is C14H21ClFNO. The molecule has 2 atom stereocenters. The van der Waals surface area contributed by atoms with E-state index in [1.165, 1.54) is 6.07 Å². The predicted octanol–water partition coefficient (Wildman–Crippen LogP) is 3.41. The van der Waals surface area contributed by atoms with Crippen LogP contribution in [0.1, 0.15) is 26.3 Å². The van der Waals surface area contributed by atoms with Crippen molar-refractivity contribution in [2.45, 2.75) is 39.3 Å². The first kappa shape index (κ1) is 15.4. The van der Waals surface area contributed by atoms with Gasteiger partial charge in [0.05, 0.1) is 11.1 Å². The molecule has 0 saturated heterocycles. The normalized spacial score (nSPS) is 14.8. The molecule has 18 heavy (non-hydrogen) atoms. The van der Waals surface area contributed by atoms with E-state index in [-0.39, 0.29) is 23.0 Å². The highest BCUT2D eigenvalue weighted by molar-refractivity contribution is 6.30. The number of benzene rings is 1. The molecule has 0 amide bonds. The van der Waals surface area contributed by atoms with E-state index in [0.717, 1.165) is 0 Å². The Kier molecular flexibility index (Phi) is 6.06. The molecule has 0 radical (unpaired) electrons. The molecule has 0 saturated carbocycles. The van der Waals surface area contributed by atoms with Gasteiger partial charge in [-0.05, 0) is 30.9 Å². The summed E-state index contributed by atoms with van der Waals surface area (Å²) in [5, 5.41) is 0.136. The lowest BCUT2D eigenvalue weighted by Gasteiger charge is -2.27. The molecule has 102 valence electrons. The van der Waals surface area contributed by atoms with Crippen molar-refractivity contribution >= 4 is 11.6 Å². The summed E-state index contributed by atoms with van der Waals surface area (Å²) in [4.78, 5) is 0. The van der Waals surface area contributed by atoms with Crippen molar-refractivity contribution in [1.29, 1.82) is 0 Å². The lowest BCUT2D eigenvalue weighted by Crippen LogP contribution is -2.42. The summed E-state index contributed by atoms with van der Waals surface area (Å²) in [5.74, 6) is -0.0872. The van der Waals surface area contributed by atoms with Crippen LogP contribution in [0.4, 0.5) is 4.39 Å². The van der Waals surface area contributed by atoms with Crippen molar-refractivity contribution < 1.29 is 9.13 Å². The number of ether oxygens (including phenoxy) is 1. The topological polar surface area (TPSA) is 35.2 Å². The van der Waals surface area contributed by atoms with Crippen LogP contribution < -0.4 is 5.73 Å². The third-order valence-corrected chi connectivity index (χ3v) is 3.22. The monoisotopic (exact) mass is 273 g/mol. The van der Waals surface area contributed by atoms with E-state index < -0.39 is 0 Å². The molecule has 2 N–H and O–H groups in total. The summed E-state index contributed by atoms with van der Waals surface area (Å²) >= 11 is 5.75. The van der Waals surface area contributed by atoms with Gasteiger partial charge < -0.3 is 10.5 Å². The van der Waals surface area contributed by atoms with Crippen molar-refractivity contribution in [3.63, 3.8) is 0 Å². The summed E-state index contributed by atoms with van der Waals surface area (Å²) in [7, 11) is 0. The molecule has 2 unspecified atom stereocenters. The highest BCUT2D eigenvalue weighted by Gasteiger charge is 2.23. The number of rotatable bonds is 6. The molecule has 0 bridgehead atoms. The van der Waals surface area contributed by atoms with Crippen molar-refractivity contribution in [1.82, 2.24) is 0 Å². The Bertz CT molecular complexity index is 384. The van der Waals surface area contributed by atoms with Crippen LogP contribution >= 0.6 is 11.6 Å². The second kappa shape index (κ2) is 7.07. The maximum Gasteiger partial charge on any atom is 0.145 e. The van der Waals surface area contributed by atoms with E-state index in [0.29, 0.717) is 24.5 Å². The molecule has 0 aliphatic heterocycles. The fourth-order valence-electron chi connectivity index (χ4n) is 2.08. The van der Waals surface area contributed by atoms with Crippen LogP contribution in [-0.2, 0) is 11.2 Å². The summed E-state index contributed by atoms with van der Waals surface area (Å²) < 4.78 is 19.4. The van der Waals surface area contributed by atoms with Crippen molar-refractivity contribution in [2.75, 3.05) is 6.61 Å². The van der Waals surface area contributed by atoms with Crippen LogP contribution in [0.5, 0.6) is 0 Å². The van der Waals surface area contributed by atoms with Crippen LogP contribution in [0, 0.1) is 11.7 Å². The second-order valence-corrected chi connectivity index (χ2v) is 5.15. The summed E-state index contributed by atoms with van der Waals surface area (Å²) in [6, 6.07) is 4.75. The zero-order valence-corrected chi connectivity index (χ0v) is 11.9. The molecule has 2 nitrogen and oxygen atoms in total. The summed E-state index contributed by atoms with van der Waals surface area (Å²) in [5.41, 5.74) is 6.66. The Morgan fingerprint density at radius 1 is 1.39 bits per heavy atom. The Labute approximate surface area is 113 Å². The molecule has 0 heterocycles. The van der Waals surface area contributed by atoms with Gasteiger partial charge in [-0.1, -0.05) is 37.6 Å². The van der Waals surface area contributed by atoms with Crippen molar-refractivity contribution in [3.05, 3.63) is 34.6 Å². The largest absolute Gasteiger partial charge is 0.377 e. The van der Waals surface area contributed by atoms with Gasteiger partial charge in [-0.3, -0.25) is 0 Å². The first-order chi connectivity index (χ1) is 8.47. The second-order valence-electron chi connectivity index (χ2n) is 4.74. The molecule has 1 aromatic rings. The van der Waals surface area contributed by atoms with E-state index in [1.807, 2.05) is 6.92 Å². The van der Waals surface area contributed by atoms with E-state index in [4.69, 9.17) is 22.1 Å². The van der Waals surface area contributed by atoms with E-state index in [9.17, 15) is 4.39 Å². The van der Waals surface area contributed by atoms with E-state index >= 15 is 0 Å². The minimum absolute atomic E-state index is 0.0756. The minimum atomic E-state index is -0.381. The van der Waals surface area contributed by atoms with Gasteiger partial charge in [0, 0.05) is 12.6 Å². The van der Waals surface area contributed by atoms with Crippen molar-refractivity contribution in [2.24, 2.45) is 11.7 Å². The lowest BCUT2D eigenvalue weighted by molar-refractivity contribution is 0.0126. The number of hydrogen-bond donors (Lipinski definition) is 1. The fraction of sp³-hybridized carbons (Fsp3) is 0.571. The maximum atomic E-state index is 13.8. The first-order valence-corrected chi connectivity index (χ1v) is 6.65. The first-order valence-electron chi connectivity index (χ1n) is 6.27. The van der Waals surface area contributed by atoms with Crippen LogP contribution in [0.25, 0.3) is 0 Å². The zero-order chi connectivity index (χ0) is 13.7. The van der Waals surface area contributed by atoms with Crippen LogP contribution in [0.2, 0.25) is 5.02 Å². The molecule has 1 rings (SSSR count). The number of nitrogens with two attached hydrogens (primary N) is 1.